The summed E-state index contributed by atoms with van der Waals surface area (Å²) in [6.07, 6.45) is 3.45. The van der Waals surface area contributed by atoms with Crippen LogP contribution in [0.4, 0.5) is 0 Å². The molecule has 0 aliphatic carbocycles. The molecular weight excluding hydrogens is 264 g/mol. The molecule has 1 aromatic heterocycles. The summed E-state index contributed by atoms with van der Waals surface area (Å²) in [6, 6.07) is 1.84. The molecule has 0 amide bonds. The molecule has 6 nitrogen and oxygen atoms in total. The highest BCUT2D eigenvalue weighted by molar-refractivity contribution is 7.89. The van der Waals surface area contributed by atoms with E-state index in [4.69, 9.17) is 0 Å². The third-order valence-electron chi connectivity index (χ3n) is 3.75. The van der Waals surface area contributed by atoms with Crippen LogP contribution in [0.2, 0.25) is 0 Å². The summed E-state index contributed by atoms with van der Waals surface area (Å²) in [5, 5.41) is 9.84. The first-order valence-corrected chi connectivity index (χ1v) is 8.22. The molecule has 1 aliphatic rings. The molecule has 0 bridgehead atoms. The van der Waals surface area contributed by atoms with Crippen molar-refractivity contribution in [2.24, 2.45) is 5.92 Å². The Labute approximate surface area is 114 Å². The Hall–Kier alpha value is -0.920. The molecule has 19 heavy (non-hydrogen) atoms. The van der Waals surface area contributed by atoms with Gasteiger partial charge < -0.3 is 5.32 Å². The van der Waals surface area contributed by atoms with Crippen molar-refractivity contribution in [1.29, 1.82) is 0 Å². The van der Waals surface area contributed by atoms with Gasteiger partial charge in [-0.25, -0.2) is 8.42 Å². The molecule has 2 N–H and O–H groups in total. The Morgan fingerprint density at radius 2 is 2.42 bits per heavy atom. The van der Waals surface area contributed by atoms with Gasteiger partial charge in [0, 0.05) is 19.1 Å². The van der Waals surface area contributed by atoms with Crippen LogP contribution in [0.5, 0.6) is 0 Å². The molecule has 0 radical (unpaired) electrons. The summed E-state index contributed by atoms with van der Waals surface area (Å²) in [4.78, 5) is 0. The topological polar surface area (TPSA) is 78.1 Å². The molecule has 2 atom stereocenters. The van der Waals surface area contributed by atoms with Gasteiger partial charge in [0.25, 0.3) is 10.0 Å². The van der Waals surface area contributed by atoms with Crippen LogP contribution in [0.15, 0.2) is 17.3 Å². The van der Waals surface area contributed by atoms with E-state index in [1.54, 1.807) is 4.31 Å². The van der Waals surface area contributed by atoms with Crippen LogP contribution in [0, 0.1) is 5.92 Å². The van der Waals surface area contributed by atoms with E-state index in [0.29, 0.717) is 25.0 Å². The van der Waals surface area contributed by atoms with Crippen LogP contribution in [-0.4, -0.2) is 48.6 Å². The van der Waals surface area contributed by atoms with Crippen molar-refractivity contribution in [3.63, 3.8) is 0 Å². The Morgan fingerprint density at radius 1 is 1.63 bits per heavy atom. The second-order valence-corrected chi connectivity index (χ2v) is 6.94. The van der Waals surface area contributed by atoms with E-state index in [1.165, 1.54) is 12.3 Å². The second-order valence-electron chi connectivity index (χ2n) is 5.03. The predicted octanol–water partition coefficient (Wildman–Crippen LogP) is 0.808. The van der Waals surface area contributed by atoms with Gasteiger partial charge in [0.1, 0.15) is 0 Å². The maximum atomic E-state index is 12.4. The number of rotatable bonds is 5. The fraction of sp³-hybridized carbons (Fsp3) is 0.750. The number of sulfonamides is 1. The number of aromatic amines is 1. The highest BCUT2D eigenvalue weighted by atomic mass is 32.2. The van der Waals surface area contributed by atoms with E-state index in [-0.39, 0.29) is 5.03 Å². The minimum Gasteiger partial charge on any atom is -0.314 e. The van der Waals surface area contributed by atoms with Crippen molar-refractivity contribution in [3.8, 4) is 0 Å². The Kier molecular flexibility index (Phi) is 4.59. The fourth-order valence-corrected chi connectivity index (χ4v) is 4.05. The Morgan fingerprint density at radius 3 is 3.05 bits per heavy atom. The summed E-state index contributed by atoms with van der Waals surface area (Å²) < 4.78 is 26.4. The van der Waals surface area contributed by atoms with Crippen molar-refractivity contribution >= 4 is 10.0 Å². The van der Waals surface area contributed by atoms with E-state index >= 15 is 0 Å². The molecule has 2 unspecified atom stereocenters. The maximum absolute atomic E-state index is 12.4. The second kappa shape index (κ2) is 6.02. The normalized spacial score (nSPS) is 23.4. The molecule has 0 aromatic carbocycles. The van der Waals surface area contributed by atoms with Gasteiger partial charge in [-0.3, -0.25) is 5.10 Å². The minimum absolute atomic E-state index is 0.184. The lowest BCUT2D eigenvalue weighted by molar-refractivity contribution is 0.225. The quantitative estimate of drug-likeness (QED) is 0.839. The van der Waals surface area contributed by atoms with Crippen molar-refractivity contribution < 1.29 is 8.42 Å². The standard InChI is InChI=1S/C12H22N4O2S/c1-3-13-10(2)11-5-4-8-16(9-11)19(17,18)12-6-7-14-15-12/h6-7,10-11,13H,3-5,8-9H2,1-2H3,(H,14,15). The number of nitrogens with zero attached hydrogens (tertiary/aromatic N) is 2. The van der Waals surface area contributed by atoms with Crippen LogP contribution in [-0.2, 0) is 10.0 Å². The number of hydrogen-bond acceptors (Lipinski definition) is 4. The molecule has 7 heteroatoms. The molecule has 1 aliphatic heterocycles. The molecule has 2 heterocycles. The van der Waals surface area contributed by atoms with Gasteiger partial charge in [-0.15, -0.1) is 0 Å². The zero-order chi connectivity index (χ0) is 13.9. The third kappa shape index (κ3) is 3.16. The molecule has 2 rings (SSSR count). The maximum Gasteiger partial charge on any atom is 0.259 e. The number of piperidine rings is 1. The van der Waals surface area contributed by atoms with E-state index in [1.807, 2.05) is 0 Å². The van der Waals surface area contributed by atoms with Crippen molar-refractivity contribution in [3.05, 3.63) is 12.3 Å². The highest BCUT2D eigenvalue weighted by Gasteiger charge is 2.32. The zero-order valence-electron chi connectivity index (χ0n) is 11.5. The lowest BCUT2D eigenvalue weighted by Gasteiger charge is -2.34. The summed E-state index contributed by atoms with van der Waals surface area (Å²) in [5.41, 5.74) is 0. The molecule has 1 fully saturated rings. The van der Waals surface area contributed by atoms with Crippen molar-refractivity contribution in [2.45, 2.75) is 37.8 Å². The van der Waals surface area contributed by atoms with Gasteiger partial charge in [-0.05, 0) is 38.3 Å². The van der Waals surface area contributed by atoms with E-state index < -0.39 is 10.0 Å². The molecular formula is C12H22N4O2S. The fourth-order valence-electron chi connectivity index (χ4n) is 2.61. The van der Waals surface area contributed by atoms with E-state index in [2.05, 4.69) is 29.4 Å². The first-order valence-electron chi connectivity index (χ1n) is 6.78. The van der Waals surface area contributed by atoms with Crippen LogP contribution in [0.3, 0.4) is 0 Å². The minimum atomic E-state index is -3.41. The average molecular weight is 286 g/mol. The van der Waals surface area contributed by atoms with Gasteiger partial charge in [-0.2, -0.15) is 9.40 Å². The number of hydrogen-bond donors (Lipinski definition) is 2. The monoisotopic (exact) mass is 286 g/mol. The number of aromatic nitrogens is 2. The molecule has 0 spiro atoms. The number of H-pyrrole nitrogens is 1. The summed E-state index contributed by atoms with van der Waals surface area (Å²) in [6.45, 7) is 6.27. The van der Waals surface area contributed by atoms with Crippen LogP contribution in [0.25, 0.3) is 0 Å². The summed E-state index contributed by atoms with van der Waals surface area (Å²) in [7, 11) is -3.41. The first kappa shape index (κ1) is 14.5. The smallest absolute Gasteiger partial charge is 0.259 e. The third-order valence-corrected chi connectivity index (χ3v) is 5.54. The largest absolute Gasteiger partial charge is 0.314 e. The SMILES string of the molecule is CCNC(C)C1CCCN(S(=O)(=O)c2ccn[nH]2)C1. The molecule has 0 saturated carbocycles. The Bertz CT molecular complexity index is 486. The van der Waals surface area contributed by atoms with Crippen molar-refractivity contribution in [1.82, 2.24) is 19.8 Å². The van der Waals surface area contributed by atoms with Crippen LogP contribution >= 0.6 is 0 Å². The first-order chi connectivity index (χ1) is 9.05. The van der Waals surface area contributed by atoms with Gasteiger partial charge in [0.2, 0.25) is 0 Å². The molecule has 1 aromatic rings. The highest BCUT2D eigenvalue weighted by Crippen LogP contribution is 2.24. The summed E-state index contributed by atoms with van der Waals surface area (Å²) >= 11 is 0. The van der Waals surface area contributed by atoms with E-state index in [0.717, 1.165) is 19.4 Å². The van der Waals surface area contributed by atoms with E-state index in [9.17, 15) is 8.42 Å². The Balaban J connectivity index is 2.09. The van der Waals surface area contributed by atoms with Gasteiger partial charge in [0.05, 0.1) is 6.20 Å². The molecule has 108 valence electrons. The van der Waals surface area contributed by atoms with Gasteiger partial charge >= 0.3 is 0 Å². The summed E-state index contributed by atoms with van der Waals surface area (Å²) in [5.74, 6) is 0.367. The van der Waals surface area contributed by atoms with Gasteiger partial charge in [0.15, 0.2) is 5.03 Å². The lowest BCUT2D eigenvalue weighted by atomic mass is 9.93. The predicted molar refractivity (Wildman–Crippen MR) is 73.2 cm³/mol. The zero-order valence-corrected chi connectivity index (χ0v) is 12.3. The van der Waals surface area contributed by atoms with Crippen molar-refractivity contribution in [2.75, 3.05) is 19.6 Å². The number of nitrogens with one attached hydrogen (secondary N) is 2. The molecule has 1 saturated heterocycles. The average Bonchev–Trinajstić information content (AvgIpc) is 2.94. The van der Waals surface area contributed by atoms with Gasteiger partial charge in [-0.1, -0.05) is 6.92 Å². The van der Waals surface area contributed by atoms with Crippen LogP contribution in [0.1, 0.15) is 26.7 Å². The lowest BCUT2D eigenvalue weighted by Crippen LogP contribution is -2.46. The van der Waals surface area contributed by atoms with Crippen LogP contribution < -0.4 is 5.32 Å².